The fourth-order valence-electron chi connectivity index (χ4n) is 1.89. The molecule has 104 valence electrons. The molecule has 3 nitrogen and oxygen atoms in total. The van der Waals surface area contributed by atoms with Crippen LogP contribution in [0.15, 0.2) is 46.9 Å². The summed E-state index contributed by atoms with van der Waals surface area (Å²) in [4.78, 5) is 14.0. The molecular weight excluding hydrogens is 340 g/mol. The van der Waals surface area contributed by atoms with Gasteiger partial charge in [0.05, 0.1) is 10.6 Å². The van der Waals surface area contributed by atoms with Crippen LogP contribution in [-0.2, 0) is 6.54 Å². The van der Waals surface area contributed by atoms with Gasteiger partial charge in [0.2, 0.25) is 0 Å². The number of amides is 1. The summed E-state index contributed by atoms with van der Waals surface area (Å²) in [5.74, 6) is -0.151. The number of rotatable bonds is 3. The zero-order valence-electron chi connectivity index (χ0n) is 10.9. The van der Waals surface area contributed by atoms with Gasteiger partial charge in [0.15, 0.2) is 0 Å². The molecule has 0 saturated carbocycles. The maximum atomic E-state index is 12.4. The minimum Gasteiger partial charge on any atom is -0.399 e. The van der Waals surface area contributed by atoms with Gasteiger partial charge in [-0.1, -0.05) is 39.7 Å². The third-order valence-corrected chi connectivity index (χ3v) is 3.70. The van der Waals surface area contributed by atoms with E-state index in [4.69, 9.17) is 17.3 Å². The first kappa shape index (κ1) is 14.9. The molecule has 0 aliphatic carbocycles. The highest BCUT2D eigenvalue weighted by Crippen LogP contribution is 2.21. The first-order chi connectivity index (χ1) is 9.47. The topological polar surface area (TPSA) is 46.3 Å². The SMILES string of the molecule is CN(Cc1cccc(Br)c1)C(=O)c1cc(N)ccc1Cl. The lowest BCUT2D eigenvalue weighted by molar-refractivity contribution is 0.0785. The van der Waals surface area contributed by atoms with E-state index in [1.54, 1.807) is 30.1 Å². The second-order valence-electron chi connectivity index (χ2n) is 4.53. The van der Waals surface area contributed by atoms with Gasteiger partial charge in [-0.25, -0.2) is 0 Å². The van der Waals surface area contributed by atoms with Crippen molar-refractivity contribution in [2.45, 2.75) is 6.54 Å². The number of nitrogen functional groups attached to an aromatic ring is 1. The number of hydrogen-bond donors (Lipinski definition) is 1. The molecule has 0 fully saturated rings. The lowest BCUT2D eigenvalue weighted by Crippen LogP contribution is -2.26. The summed E-state index contributed by atoms with van der Waals surface area (Å²) >= 11 is 9.47. The largest absolute Gasteiger partial charge is 0.399 e. The van der Waals surface area contributed by atoms with E-state index in [0.717, 1.165) is 10.0 Å². The van der Waals surface area contributed by atoms with E-state index in [1.165, 1.54) is 0 Å². The Bertz CT molecular complexity index is 646. The molecule has 0 aliphatic rings. The summed E-state index contributed by atoms with van der Waals surface area (Å²) in [7, 11) is 1.74. The van der Waals surface area contributed by atoms with Gasteiger partial charge in [0.25, 0.3) is 5.91 Å². The molecule has 2 N–H and O–H groups in total. The van der Waals surface area contributed by atoms with Gasteiger partial charge in [-0.2, -0.15) is 0 Å². The number of carbonyl (C=O) groups excluding carboxylic acids is 1. The van der Waals surface area contributed by atoms with E-state index in [9.17, 15) is 4.79 Å². The molecule has 2 aromatic rings. The first-order valence-electron chi connectivity index (χ1n) is 6.02. The number of benzene rings is 2. The monoisotopic (exact) mass is 352 g/mol. The Morgan fingerprint density at radius 1 is 1.30 bits per heavy atom. The third kappa shape index (κ3) is 3.52. The van der Waals surface area contributed by atoms with E-state index < -0.39 is 0 Å². The van der Waals surface area contributed by atoms with Crippen LogP contribution in [0.5, 0.6) is 0 Å². The zero-order valence-corrected chi connectivity index (χ0v) is 13.3. The fraction of sp³-hybridized carbons (Fsp3) is 0.133. The molecule has 0 aliphatic heterocycles. The lowest BCUT2D eigenvalue weighted by Gasteiger charge is -2.18. The van der Waals surface area contributed by atoms with Crippen molar-refractivity contribution >= 4 is 39.1 Å². The number of nitrogens with zero attached hydrogens (tertiary/aromatic N) is 1. The Balaban J connectivity index is 2.18. The number of halogens is 2. The predicted octanol–water partition coefficient (Wildman–Crippen LogP) is 3.96. The van der Waals surface area contributed by atoms with Crippen molar-refractivity contribution in [3.63, 3.8) is 0 Å². The number of nitrogens with two attached hydrogens (primary N) is 1. The van der Waals surface area contributed by atoms with Crippen molar-refractivity contribution in [3.8, 4) is 0 Å². The molecule has 2 aromatic carbocycles. The molecule has 0 heterocycles. The van der Waals surface area contributed by atoms with Crippen molar-refractivity contribution < 1.29 is 4.79 Å². The van der Waals surface area contributed by atoms with E-state index in [0.29, 0.717) is 22.8 Å². The Morgan fingerprint density at radius 2 is 2.05 bits per heavy atom. The third-order valence-electron chi connectivity index (χ3n) is 2.88. The van der Waals surface area contributed by atoms with Crippen molar-refractivity contribution in [2.24, 2.45) is 0 Å². The zero-order chi connectivity index (χ0) is 14.7. The van der Waals surface area contributed by atoms with Crippen LogP contribution >= 0.6 is 27.5 Å². The van der Waals surface area contributed by atoms with Gasteiger partial charge >= 0.3 is 0 Å². The predicted molar refractivity (Wildman–Crippen MR) is 85.8 cm³/mol. The molecule has 0 bridgehead atoms. The molecule has 0 atom stereocenters. The molecule has 1 amide bonds. The van der Waals surface area contributed by atoms with Crippen LogP contribution in [0.1, 0.15) is 15.9 Å². The number of anilines is 1. The van der Waals surface area contributed by atoms with E-state index in [-0.39, 0.29) is 5.91 Å². The molecule has 20 heavy (non-hydrogen) atoms. The molecule has 5 heteroatoms. The van der Waals surface area contributed by atoms with Gasteiger partial charge in [0, 0.05) is 23.8 Å². The van der Waals surface area contributed by atoms with Crippen LogP contribution in [0, 0.1) is 0 Å². The van der Waals surface area contributed by atoms with Gasteiger partial charge in [0.1, 0.15) is 0 Å². The average Bonchev–Trinajstić information content (AvgIpc) is 2.40. The molecular formula is C15H14BrClN2O. The minimum absolute atomic E-state index is 0.151. The standard InChI is InChI=1S/C15H14BrClN2O/c1-19(9-10-3-2-4-11(16)7-10)15(20)13-8-12(18)5-6-14(13)17/h2-8H,9,18H2,1H3. The van der Waals surface area contributed by atoms with E-state index in [2.05, 4.69) is 15.9 Å². The highest BCUT2D eigenvalue weighted by Gasteiger charge is 2.15. The summed E-state index contributed by atoms with van der Waals surface area (Å²) in [6.45, 7) is 0.503. The van der Waals surface area contributed by atoms with Gasteiger partial charge in [-0.05, 0) is 35.9 Å². The number of carbonyl (C=O) groups is 1. The summed E-state index contributed by atoms with van der Waals surface area (Å²) in [6.07, 6.45) is 0. The van der Waals surface area contributed by atoms with E-state index in [1.807, 2.05) is 24.3 Å². The van der Waals surface area contributed by atoms with Crippen molar-refractivity contribution in [3.05, 3.63) is 63.1 Å². The molecule has 0 aromatic heterocycles. The van der Waals surface area contributed by atoms with Crippen LogP contribution in [0.2, 0.25) is 5.02 Å². The Hall–Kier alpha value is -1.52. The summed E-state index contributed by atoms with van der Waals surface area (Å²) in [5.41, 5.74) is 7.68. The van der Waals surface area contributed by atoms with Crippen LogP contribution in [0.4, 0.5) is 5.69 Å². The quantitative estimate of drug-likeness (QED) is 0.849. The van der Waals surface area contributed by atoms with Crippen LogP contribution in [0.3, 0.4) is 0 Å². The van der Waals surface area contributed by atoms with Crippen LogP contribution in [-0.4, -0.2) is 17.9 Å². The lowest BCUT2D eigenvalue weighted by atomic mass is 10.1. The summed E-state index contributed by atoms with van der Waals surface area (Å²) in [6, 6.07) is 12.7. The highest BCUT2D eigenvalue weighted by molar-refractivity contribution is 9.10. The molecule has 0 unspecified atom stereocenters. The second-order valence-corrected chi connectivity index (χ2v) is 5.85. The maximum Gasteiger partial charge on any atom is 0.255 e. The van der Waals surface area contributed by atoms with Gasteiger partial charge in [-0.15, -0.1) is 0 Å². The smallest absolute Gasteiger partial charge is 0.255 e. The van der Waals surface area contributed by atoms with Crippen molar-refractivity contribution in [2.75, 3.05) is 12.8 Å². The van der Waals surface area contributed by atoms with Crippen LogP contribution in [0.25, 0.3) is 0 Å². The Morgan fingerprint density at radius 3 is 2.75 bits per heavy atom. The normalized spacial score (nSPS) is 10.3. The maximum absolute atomic E-state index is 12.4. The molecule has 0 spiro atoms. The minimum atomic E-state index is -0.151. The summed E-state index contributed by atoms with van der Waals surface area (Å²) < 4.78 is 0.984. The van der Waals surface area contributed by atoms with E-state index >= 15 is 0 Å². The Labute approximate surface area is 131 Å². The van der Waals surface area contributed by atoms with Gasteiger partial charge < -0.3 is 10.6 Å². The fourth-order valence-corrected chi connectivity index (χ4v) is 2.54. The van der Waals surface area contributed by atoms with Crippen molar-refractivity contribution in [1.29, 1.82) is 0 Å². The van der Waals surface area contributed by atoms with Crippen LogP contribution < -0.4 is 5.73 Å². The average molecular weight is 354 g/mol. The first-order valence-corrected chi connectivity index (χ1v) is 7.19. The highest BCUT2D eigenvalue weighted by atomic mass is 79.9. The van der Waals surface area contributed by atoms with Gasteiger partial charge in [-0.3, -0.25) is 4.79 Å². The molecule has 2 rings (SSSR count). The molecule has 0 saturated heterocycles. The molecule has 0 radical (unpaired) electrons. The van der Waals surface area contributed by atoms with Crippen molar-refractivity contribution in [1.82, 2.24) is 4.90 Å². The summed E-state index contributed by atoms with van der Waals surface area (Å²) in [5, 5.41) is 0.408. The Kier molecular flexibility index (Phi) is 4.68. The number of hydrogen-bond acceptors (Lipinski definition) is 2. The second kappa shape index (κ2) is 6.29.